The Bertz CT molecular complexity index is 614. The first-order valence-electron chi connectivity index (χ1n) is 7.35. The number of alkyl halides is 1. The second kappa shape index (κ2) is 6.31. The molecule has 0 saturated carbocycles. The van der Waals surface area contributed by atoms with Crippen molar-refractivity contribution >= 4 is 15.9 Å². The molecule has 0 aliphatic heterocycles. The Balaban J connectivity index is 2.27. The Labute approximate surface area is 135 Å². The lowest BCUT2D eigenvalue weighted by molar-refractivity contribution is 0.506. The fourth-order valence-corrected chi connectivity index (χ4v) is 2.92. The molecule has 2 aromatic rings. The zero-order chi connectivity index (χ0) is 15.6. The van der Waals surface area contributed by atoms with Gasteiger partial charge in [-0.3, -0.25) is 0 Å². The summed E-state index contributed by atoms with van der Waals surface area (Å²) in [4.78, 5) is 0.0931. The lowest BCUT2D eigenvalue weighted by Gasteiger charge is -2.24. The first-order valence-corrected chi connectivity index (χ1v) is 8.27. The zero-order valence-electron chi connectivity index (χ0n) is 13.1. The normalized spacial score (nSPS) is 13.2. The smallest absolute Gasteiger partial charge is 0.126 e. The van der Waals surface area contributed by atoms with Gasteiger partial charge in [-0.1, -0.05) is 73.1 Å². The molecule has 0 spiro atoms. The van der Waals surface area contributed by atoms with E-state index >= 15 is 0 Å². The van der Waals surface area contributed by atoms with Crippen LogP contribution < -0.4 is 0 Å². The van der Waals surface area contributed by atoms with Crippen molar-refractivity contribution in [2.75, 3.05) is 0 Å². The van der Waals surface area contributed by atoms with E-state index in [0.717, 1.165) is 12.0 Å². The number of halogens is 2. The predicted octanol–water partition coefficient (Wildman–Crippen LogP) is 6.31. The molecule has 1 unspecified atom stereocenters. The third-order valence-corrected chi connectivity index (χ3v) is 5.40. The molecule has 2 aromatic carbocycles. The van der Waals surface area contributed by atoms with Crippen LogP contribution >= 0.6 is 15.9 Å². The second-order valence-corrected chi connectivity index (χ2v) is 7.15. The van der Waals surface area contributed by atoms with E-state index in [1.165, 1.54) is 17.2 Å². The van der Waals surface area contributed by atoms with Gasteiger partial charge in [-0.2, -0.15) is 0 Å². The van der Waals surface area contributed by atoms with Gasteiger partial charge in [0.05, 0.1) is 4.83 Å². The molecule has 0 aromatic heterocycles. The highest BCUT2D eigenvalue weighted by molar-refractivity contribution is 9.09. The van der Waals surface area contributed by atoms with Crippen LogP contribution in [0.5, 0.6) is 0 Å². The van der Waals surface area contributed by atoms with E-state index in [2.05, 4.69) is 61.0 Å². The van der Waals surface area contributed by atoms with Gasteiger partial charge in [0.15, 0.2) is 0 Å². The van der Waals surface area contributed by atoms with Crippen molar-refractivity contribution in [2.45, 2.75) is 44.4 Å². The van der Waals surface area contributed by atoms with E-state index < -0.39 is 0 Å². The lowest BCUT2D eigenvalue weighted by Crippen LogP contribution is -2.15. The van der Waals surface area contributed by atoms with Crippen LogP contribution in [-0.2, 0) is 5.41 Å². The van der Waals surface area contributed by atoms with Crippen molar-refractivity contribution in [3.05, 3.63) is 70.5 Å². The number of aryl methyl sites for hydroxylation is 1. The van der Waals surface area contributed by atoms with Gasteiger partial charge >= 0.3 is 0 Å². The Morgan fingerprint density at radius 2 is 1.62 bits per heavy atom. The van der Waals surface area contributed by atoms with Crippen LogP contribution in [0.4, 0.5) is 4.39 Å². The molecule has 0 radical (unpaired) electrons. The standard InChI is InChI=1S/C19H22BrF/c1-5-19(3,4)16-9-6-14(7-10-16)18(20)15-8-11-17(21)13(2)12-15/h6-12,18H,5H2,1-4H3. The molecule has 0 fully saturated rings. The minimum absolute atomic E-state index is 0.0931. The van der Waals surface area contributed by atoms with Gasteiger partial charge in [-0.05, 0) is 47.1 Å². The highest BCUT2D eigenvalue weighted by Crippen LogP contribution is 2.34. The van der Waals surface area contributed by atoms with E-state index in [-0.39, 0.29) is 16.1 Å². The average molecular weight is 349 g/mol. The highest BCUT2D eigenvalue weighted by atomic mass is 79.9. The quantitative estimate of drug-likeness (QED) is 0.568. The summed E-state index contributed by atoms with van der Waals surface area (Å²) in [6.45, 7) is 8.53. The van der Waals surface area contributed by atoms with Crippen molar-refractivity contribution in [1.29, 1.82) is 0 Å². The van der Waals surface area contributed by atoms with Crippen LogP contribution in [0.25, 0.3) is 0 Å². The summed E-state index contributed by atoms with van der Waals surface area (Å²) in [5, 5.41) is 0. The lowest BCUT2D eigenvalue weighted by atomic mass is 9.82. The third kappa shape index (κ3) is 3.55. The van der Waals surface area contributed by atoms with E-state index in [9.17, 15) is 4.39 Å². The van der Waals surface area contributed by atoms with Crippen molar-refractivity contribution in [3.63, 3.8) is 0 Å². The topological polar surface area (TPSA) is 0 Å². The molecule has 0 amide bonds. The Morgan fingerprint density at radius 1 is 1.05 bits per heavy atom. The zero-order valence-corrected chi connectivity index (χ0v) is 14.7. The van der Waals surface area contributed by atoms with Crippen molar-refractivity contribution < 1.29 is 4.39 Å². The van der Waals surface area contributed by atoms with E-state index in [1.54, 1.807) is 6.92 Å². The van der Waals surface area contributed by atoms with Crippen LogP contribution in [0.3, 0.4) is 0 Å². The maximum absolute atomic E-state index is 13.4. The number of benzene rings is 2. The molecule has 0 saturated heterocycles. The molecular weight excluding hydrogens is 327 g/mol. The molecule has 21 heavy (non-hydrogen) atoms. The van der Waals surface area contributed by atoms with Crippen molar-refractivity contribution in [2.24, 2.45) is 0 Å². The van der Waals surface area contributed by atoms with Crippen LogP contribution in [0.15, 0.2) is 42.5 Å². The third-order valence-electron chi connectivity index (χ3n) is 4.34. The van der Waals surface area contributed by atoms with Crippen LogP contribution in [0.2, 0.25) is 0 Å². The molecule has 2 rings (SSSR count). The first-order chi connectivity index (χ1) is 9.85. The molecule has 2 heteroatoms. The summed E-state index contributed by atoms with van der Waals surface area (Å²) in [7, 11) is 0. The summed E-state index contributed by atoms with van der Waals surface area (Å²) in [5.74, 6) is -0.154. The molecule has 0 N–H and O–H groups in total. The second-order valence-electron chi connectivity index (χ2n) is 6.23. The highest BCUT2D eigenvalue weighted by Gasteiger charge is 2.18. The van der Waals surface area contributed by atoms with E-state index in [1.807, 2.05) is 12.1 Å². The monoisotopic (exact) mass is 348 g/mol. The Kier molecular flexibility index (Phi) is 4.88. The van der Waals surface area contributed by atoms with Gasteiger partial charge < -0.3 is 0 Å². The van der Waals surface area contributed by atoms with E-state index in [0.29, 0.717) is 5.56 Å². The molecule has 112 valence electrons. The fraction of sp³-hybridized carbons (Fsp3) is 0.368. The molecule has 0 aliphatic rings. The molecule has 0 nitrogen and oxygen atoms in total. The minimum atomic E-state index is -0.154. The number of hydrogen-bond donors (Lipinski definition) is 0. The van der Waals surface area contributed by atoms with Gasteiger partial charge in [0.2, 0.25) is 0 Å². The molecule has 0 bridgehead atoms. The largest absolute Gasteiger partial charge is 0.207 e. The SMILES string of the molecule is CCC(C)(C)c1ccc(C(Br)c2ccc(F)c(C)c2)cc1. The summed E-state index contributed by atoms with van der Waals surface area (Å²) in [5.41, 5.74) is 4.50. The molecular formula is C19H22BrF. The summed E-state index contributed by atoms with van der Waals surface area (Å²) >= 11 is 3.72. The number of hydrogen-bond acceptors (Lipinski definition) is 0. The van der Waals surface area contributed by atoms with Gasteiger partial charge in [0.1, 0.15) is 5.82 Å². The van der Waals surface area contributed by atoms with Crippen LogP contribution in [0.1, 0.15) is 54.3 Å². The summed E-state index contributed by atoms with van der Waals surface area (Å²) in [6.07, 6.45) is 1.11. The van der Waals surface area contributed by atoms with Crippen molar-refractivity contribution in [3.8, 4) is 0 Å². The molecule has 1 atom stereocenters. The summed E-state index contributed by atoms with van der Waals surface area (Å²) in [6, 6.07) is 14.0. The maximum atomic E-state index is 13.4. The summed E-state index contributed by atoms with van der Waals surface area (Å²) < 4.78 is 13.4. The maximum Gasteiger partial charge on any atom is 0.126 e. The predicted molar refractivity (Wildman–Crippen MR) is 91.7 cm³/mol. The minimum Gasteiger partial charge on any atom is -0.207 e. The average Bonchev–Trinajstić information content (AvgIpc) is 2.49. The first kappa shape index (κ1) is 16.2. The molecule has 0 heterocycles. The Morgan fingerprint density at radius 3 is 2.14 bits per heavy atom. The van der Waals surface area contributed by atoms with Gasteiger partial charge in [-0.25, -0.2) is 4.39 Å². The van der Waals surface area contributed by atoms with Gasteiger partial charge in [0.25, 0.3) is 0 Å². The Hall–Kier alpha value is -1.15. The van der Waals surface area contributed by atoms with Gasteiger partial charge in [-0.15, -0.1) is 0 Å². The van der Waals surface area contributed by atoms with Gasteiger partial charge in [0, 0.05) is 0 Å². The fourth-order valence-electron chi connectivity index (χ4n) is 2.33. The molecule has 0 aliphatic carbocycles. The van der Waals surface area contributed by atoms with E-state index in [4.69, 9.17) is 0 Å². The van der Waals surface area contributed by atoms with Crippen LogP contribution in [0, 0.1) is 12.7 Å². The van der Waals surface area contributed by atoms with Crippen molar-refractivity contribution in [1.82, 2.24) is 0 Å². The number of rotatable bonds is 4. The van der Waals surface area contributed by atoms with Crippen LogP contribution in [-0.4, -0.2) is 0 Å².